The molecule has 1 amide bonds. The van der Waals surface area contributed by atoms with E-state index >= 15 is 0 Å². The average Bonchev–Trinajstić information content (AvgIpc) is 3.51. The van der Waals surface area contributed by atoms with Crippen molar-refractivity contribution >= 4 is 21.6 Å². The summed E-state index contributed by atoms with van der Waals surface area (Å²) in [7, 11) is -0.0928. The van der Waals surface area contributed by atoms with Gasteiger partial charge >= 0.3 is 0 Å². The maximum Gasteiger partial charge on any atom is 0.280 e. The van der Waals surface area contributed by atoms with Gasteiger partial charge in [0.15, 0.2) is 5.03 Å². The smallest absolute Gasteiger partial charge is 0.280 e. The molecule has 4 rings (SSSR count). The number of carbonyl (C=O) groups is 1. The molecule has 1 aliphatic carbocycles. The van der Waals surface area contributed by atoms with Crippen LogP contribution in [-0.2, 0) is 28.3 Å². The van der Waals surface area contributed by atoms with Gasteiger partial charge in [0.25, 0.3) is 10.0 Å². The molecule has 2 aromatic rings. The molecule has 1 aliphatic heterocycles. The molecule has 198 valence electrons. The predicted molar refractivity (Wildman–Crippen MR) is 136 cm³/mol. The summed E-state index contributed by atoms with van der Waals surface area (Å²) in [5.74, 6) is 1.21. The van der Waals surface area contributed by atoms with Crippen molar-refractivity contribution in [3.63, 3.8) is 0 Å². The van der Waals surface area contributed by atoms with Crippen molar-refractivity contribution in [2.45, 2.75) is 50.3 Å². The number of aryl methyl sites for hydroxylation is 1. The van der Waals surface area contributed by atoms with Crippen LogP contribution in [-0.4, -0.2) is 84.2 Å². The molecule has 2 heterocycles. The van der Waals surface area contributed by atoms with Crippen molar-refractivity contribution in [1.82, 2.24) is 19.4 Å². The summed E-state index contributed by atoms with van der Waals surface area (Å²) >= 11 is 0. The molecule has 3 atom stereocenters. The minimum Gasteiger partial charge on any atom is -0.488 e. The largest absolute Gasteiger partial charge is 0.488 e. The second-order valence-electron chi connectivity index (χ2n) is 10.4. The summed E-state index contributed by atoms with van der Waals surface area (Å²) in [5, 5.41) is 9.71. The van der Waals surface area contributed by atoms with Gasteiger partial charge in [0.2, 0.25) is 5.91 Å². The molecule has 0 unspecified atom stereocenters. The van der Waals surface area contributed by atoms with Gasteiger partial charge in [-0.1, -0.05) is 6.92 Å². The second kappa shape index (κ2) is 10.8. The highest BCUT2D eigenvalue weighted by atomic mass is 32.2. The van der Waals surface area contributed by atoms with Crippen molar-refractivity contribution in [3.8, 4) is 5.75 Å². The fourth-order valence-corrected chi connectivity index (χ4v) is 5.60. The van der Waals surface area contributed by atoms with Gasteiger partial charge in [0.1, 0.15) is 11.9 Å². The molecule has 11 heteroatoms. The number of aliphatic hydroxyl groups excluding tert-OH is 1. The first kappa shape index (κ1) is 26.4. The van der Waals surface area contributed by atoms with Crippen LogP contribution in [0.15, 0.2) is 35.7 Å². The van der Waals surface area contributed by atoms with Gasteiger partial charge in [0, 0.05) is 50.0 Å². The number of likely N-dealkylation sites (N-methyl/N-ethyl adjacent to an activating group) is 1. The lowest BCUT2D eigenvalue weighted by Gasteiger charge is -2.34. The SMILES string of the molecule is C[C@@H]1CN([C@H](C)CO)C(=O)Cc2cc(NS(=O)(=O)c3cn(C)cn3)ccc2O[C@H]1CN(C)CC1CC1. The van der Waals surface area contributed by atoms with Crippen molar-refractivity contribution in [3.05, 3.63) is 36.3 Å². The Bertz CT molecular complexity index is 1180. The monoisotopic (exact) mass is 519 g/mol. The lowest BCUT2D eigenvalue weighted by atomic mass is 10.0. The number of fused-ring (bicyclic) bond motifs is 1. The molecule has 1 fully saturated rings. The Labute approximate surface area is 213 Å². The number of anilines is 1. The number of carbonyl (C=O) groups excluding carboxylic acids is 1. The number of sulfonamides is 1. The topological polar surface area (TPSA) is 117 Å². The maximum atomic E-state index is 13.3. The number of nitrogens with one attached hydrogen (secondary N) is 1. The summed E-state index contributed by atoms with van der Waals surface area (Å²) in [4.78, 5) is 21.3. The van der Waals surface area contributed by atoms with E-state index in [1.54, 1.807) is 34.7 Å². The standard InChI is InChI=1S/C25H37N5O5S/c1-17-11-30(18(2)15-31)25(32)10-20-9-21(27-36(33,34)24-14-29(4)16-26-24)7-8-22(20)35-23(17)13-28(3)12-19-5-6-19/h7-9,14,16-19,23,27,31H,5-6,10-13,15H2,1-4H3/t17-,18-,23+/m1/s1. The van der Waals surface area contributed by atoms with Crippen molar-refractivity contribution in [1.29, 1.82) is 0 Å². The molecule has 0 spiro atoms. The minimum absolute atomic E-state index is 0.0258. The van der Waals surface area contributed by atoms with Gasteiger partial charge in [-0.15, -0.1) is 0 Å². The first-order valence-electron chi connectivity index (χ1n) is 12.4. The lowest BCUT2D eigenvalue weighted by Crippen LogP contribution is -2.47. The molecule has 2 N–H and O–H groups in total. The molecular formula is C25H37N5O5S. The van der Waals surface area contributed by atoms with E-state index in [1.165, 1.54) is 25.4 Å². The third kappa shape index (κ3) is 6.37. The zero-order valence-corrected chi connectivity index (χ0v) is 22.2. The van der Waals surface area contributed by atoms with Gasteiger partial charge in [-0.25, -0.2) is 4.98 Å². The van der Waals surface area contributed by atoms with E-state index in [0.29, 0.717) is 30.1 Å². The molecule has 36 heavy (non-hydrogen) atoms. The number of rotatable bonds is 9. The van der Waals surface area contributed by atoms with Crippen LogP contribution in [0.25, 0.3) is 0 Å². The first-order valence-corrected chi connectivity index (χ1v) is 13.9. The summed E-state index contributed by atoms with van der Waals surface area (Å²) in [6.07, 6.45) is 5.23. The van der Waals surface area contributed by atoms with Gasteiger partial charge in [0.05, 0.1) is 25.4 Å². The van der Waals surface area contributed by atoms with Crippen LogP contribution in [0.5, 0.6) is 5.75 Å². The summed E-state index contributed by atoms with van der Waals surface area (Å²) in [6.45, 7) is 5.96. The first-order chi connectivity index (χ1) is 17.1. The van der Waals surface area contributed by atoms with Gasteiger partial charge in [-0.3, -0.25) is 9.52 Å². The average molecular weight is 520 g/mol. The highest BCUT2D eigenvalue weighted by Gasteiger charge is 2.32. The Kier molecular flexibility index (Phi) is 7.91. The number of ether oxygens (including phenoxy) is 1. The third-order valence-electron chi connectivity index (χ3n) is 6.88. The minimum atomic E-state index is -3.88. The molecule has 0 bridgehead atoms. The zero-order valence-electron chi connectivity index (χ0n) is 21.4. The van der Waals surface area contributed by atoms with E-state index in [2.05, 4.69) is 28.6 Å². The number of imidazole rings is 1. The Morgan fingerprint density at radius 3 is 2.69 bits per heavy atom. The summed E-state index contributed by atoms with van der Waals surface area (Å²) in [5.41, 5.74) is 0.924. The molecule has 1 aromatic heterocycles. The van der Waals surface area contributed by atoms with Crippen molar-refractivity contribution in [2.24, 2.45) is 18.9 Å². The zero-order chi connectivity index (χ0) is 26.0. The molecule has 1 saturated carbocycles. The van der Waals surface area contributed by atoms with Gasteiger partial charge in [-0.2, -0.15) is 8.42 Å². The Morgan fingerprint density at radius 1 is 1.31 bits per heavy atom. The van der Waals surface area contributed by atoms with Crippen LogP contribution >= 0.6 is 0 Å². The number of amides is 1. The van der Waals surface area contributed by atoms with Crippen molar-refractivity contribution in [2.75, 3.05) is 38.0 Å². The molecule has 1 aromatic carbocycles. The van der Waals surface area contributed by atoms with E-state index in [0.717, 1.165) is 12.5 Å². The fourth-order valence-electron chi connectivity index (χ4n) is 4.57. The maximum absolute atomic E-state index is 13.3. The van der Waals surface area contributed by atoms with E-state index in [-0.39, 0.29) is 42.0 Å². The van der Waals surface area contributed by atoms with Gasteiger partial charge < -0.3 is 24.2 Å². The van der Waals surface area contributed by atoms with E-state index in [9.17, 15) is 18.3 Å². The van der Waals surface area contributed by atoms with Crippen LogP contribution in [0.2, 0.25) is 0 Å². The molecule has 10 nitrogen and oxygen atoms in total. The number of aliphatic hydroxyl groups is 1. The number of hydrogen-bond acceptors (Lipinski definition) is 7. The number of benzene rings is 1. The van der Waals surface area contributed by atoms with Crippen LogP contribution in [0.1, 0.15) is 32.3 Å². The van der Waals surface area contributed by atoms with Gasteiger partial charge in [-0.05, 0) is 50.9 Å². The van der Waals surface area contributed by atoms with Crippen LogP contribution < -0.4 is 9.46 Å². The van der Waals surface area contributed by atoms with Crippen LogP contribution in [0, 0.1) is 11.8 Å². The van der Waals surface area contributed by atoms with Crippen molar-refractivity contribution < 1.29 is 23.1 Å². The quantitative estimate of drug-likeness (QED) is 0.518. The molecule has 0 radical (unpaired) electrons. The molecular weight excluding hydrogens is 482 g/mol. The Morgan fingerprint density at radius 2 is 2.06 bits per heavy atom. The third-order valence-corrected chi connectivity index (χ3v) is 8.15. The van der Waals surface area contributed by atoms with Crippen LogP contribution in [0.3, 0.4) is 0 Å². The number of aromatic nitrogens is 2. The summed E-state index contributed by atoms with van der Waals surface area (Å²) in [6, 6.07) is 4.68. The number of nitrogens with zero attached hydrogens (tertiary/aromatic N) is 4. The van der Waals surface area contributed by atoms with E-state index in [4.69, 9.17) is 4.74 Å². The van der Waals surface area contributed by atoms with E-state index in [1.807, 2.05) is 6.92 Å². The van der Waals surface area contributed by atoms with E-state index < -0.39 is 10.0 Å². The Balaban J connectivity index is 1.63. The second-order valence-corrected chi connectivity index (χ2v) is 12.0. The highest BCUT2D eigenvalue weighted by molar-refractivity contribution is 7.92. The summed E-state index contributed by atoms with van der Waals surface area (Å²) < 4.78 is 36.2. The normalized spacial score (nSPS) is 21.8. The fraction of sp³-hybridized carbons (Fsp3) is 0.600. The predicted octanol–water partition coefficient (Wildman–Crippen LogP) is 1.71. The molecule has 0 saturated heterocycles. The highest BCUT2D eigenvalue weighted by Crippen LogP contribution is 2.32. The van der Waals surface area contributed by atoms with Crippen LogP contribution in [0.4, 0.5) is 5.69 Å². The number of hydrogen-bond donors (Lipinski definition) is 2. The lowest BCUT2D eigenvalue weighted by molar-refractivity contribution is -0.134. The Hall–Kier alpha value is -2.63. The molecule has 2 aliphatic rings.